The first-order valence-electron chi connectivity index (χ1n) is 10.9. The van der Waals surface area contributed by atoms with Crippen LogP contribution in [0.1, 0.15) is 53.3 Å². The Labute approximate surface area is 184 Å². The lowest BCUT2D eigenvalue weighted by Crippen LogP contribution is -2.44. The first kappa shape index (κ1) is 20.8. The summed E-state index contributed by atoms with van der Waals surface area (Å²) in [5.74, 6) is 0.447. The molecule has 2 fully saturated rings. The van der Waals surface area contributed by atoms with Crippen molar-refractivity contribution in [1.29, 1.82) is 0 Å². The smallest absolute Gasteiger partial charge is 0.251 e. The van der Waals surface area contributed by atoms with Crippen LogP contribution in [0.5, 0.6) is 0 Å². The first-order valence-corrected chi connectivity index (χ1v) is 10.9. The third-order valence-electron chi connectivity index (χ3n) is 6.43. The number of piperidine rings is 1. The zero-order valence-corrected chi connectivity index (χ0v) is 17.6. The number of halogens is 2. The van der Waals surface area contributed by atoms with Crippen molar-refractivity contribution in [3.63, 3.8) is 0 Å². The van der Waals surface area contributed by atoms with Crippen molar-refractivity contribution in [3.8, 4) is 0 Å². The van der Waals surface area contributed by atoms with Crippen molar-refractivity contribution in [3.05, 3.63) is 83.0 Å². The van der Waals surface area contributed by atoms with E-state index in [9.17, 15) is 13.6 Å². The van der Waals surface area contributed by atoms with Gasteiger partial charge in [-0.15, -0.1) is 0 Å². The summed E-state index contributed by atoms with van der Waals surface area (Å²) in [7, 11) is 0. The number of benzene rings is 2. The molecule has 1 N–H and O–H groups in total. The van der Waals surface area contributed by atoms with Crippen LogP contribution in [-0.2, 0) is 12.0 Å². The minimum Gasteiger partial charge on any atom is -0.349 e. The zero-order valence-electron chi connectivity index (χ0n) is 17.6. The molecule has 1 amide bonds. The van der Waals surface area contributed by atoms with Crippen LogP contribution < -0.4 is 5.32 Å². The average molecular weight is 438 g/mol. The Morgan fingerprint density at radius 3 is 2.28 bits per heavy atom. The molecule has 1 aliphatic carbocycles. The Bertz CT molecular complexity index is 1090. The highest BCUT2D eigenvalue weighted by Gasteiger charge is 2.50. The molecule has 0 bridgehead atoms. The third-order valence-corrected chi connectivity index (χ3v) is 6.43. The molecule has 2 heterocycles. The summed E-state index contributed by atoms with van der Waals surface area (Å²) >= 11 is 0. The molecule has 0 unspecified atom stereocenters. The summed E-state index contributed by atoms with van der Waals surface area (Å²) < 4.78 is 31.8. The van der Waals surface area contributed by atoms with Crippen molar-refractivity contribution >= 4 is 5.91 Å². The van der Waals surface area contributed by atoms with E-state index in [2.05, 4.69) is 20.4 Å². The molecule has 0 spiro atoms. The van der Waals surface area contributed by atoms with Crippen molar-refractivity contribution in [1.82, 2.24) is 20.4 Å². The normalized spacial score (nSPS) is 18.4. The number of nitrogens with zero attached hydrogens (tertiary/aromatic N) is 3. The molecule has 0 radical (unpaired) electrons. The monoisotopic (exact) mass is 438 g/mol. The van der Waals surface area contributed by atoms with Gasteiger partial charge < -0.3 is 9.84 Å². The summed E-state index contributed by atoms with van der Waals surface area (Å²) in [5.41, 5.74) is 1.22. The SMILES string of the molecule is O=C(NC1CCN(Cc2nc(C3(c4ccc(F)cc4)CC3)no2)CC1)c1ccc(F)cc1. The molecular weight excluding hydrogens is 414 g/mol. The molecule has 1 saturated carbocycles. The predicted octanol–water partition coefficient (Wildman–Crippen LogP) is 3.82. The maximum atomic E-state index is 13.3. The highest BCUT2D eigenvalue weighted by Crippen LogP contribution is 2.52. The highest BCUT2D eigenvalue weighted by atomic mass is 19.1. The summed E-state index contributed by atoms with van der Waals surface area (Å²) in [5, 5.41) is 7.25. The van der Waals surface area contributed by atoms with E-state index in [0.717, 1.165) is 44.3 Å². The second kappa shape index (κ2) is 8.43. The van der Waals surface area contributed by atoms with E-state index >= 15 is 0 Å². The maximum absolute atomic E-state index is 13.3. The van der Waals surface area contributed by atoms with Gasteiger partial charge in [-0.05, 0) is 67.6 Å². The second-order valence-electron chi connectivity index (χ2n) is 8.63. The standard InChI is InChI=1S/C24H24F2N4O2/c25-18-5-1-16(2-6-18)22(31)27-20-9-13-30(14-10-20)15-21-28-23(29-32-21)24(11-12-24)17-3-7-19(26)8-4-17/h1-8,20H,9-15H2,(H,27,31). The van der Waals surface area contributed by atoms with Gasteiger partial charge in [-0.25, -0.2) is 8.78 Å². The largest absolute Gasteiger partial charge is 0.349 e. The number of amides is 1. The van der Waals surface area contributed by atoms with Crippen molar-refractivity contribution in [2.75, 3.05) is 13.1 Å². The molecule has 2 aromatic carbocycles. The van der Waals surface area contributed by atoms with Gasteiger partial charge >= 0.3 is 0 Å². The van der Waals surface area contributed by atoms with Crippen LogP contribution in [0.2, 0.25) is 0 Å². The molecule has 0 atom stereocenters. The Balaban J connectivity index is 1.14. The number of hydrogen-bond acceptors (Lipinski definition) is 5. The molecule has 3 aromatic rings. The van der Waals surface area contributed by atoms with Crippen LogP contribution in [0.25, 0.3) is 0 Å². The molecule has 2 aliphatic rings. The van der Waals surface area contributed by atoms with Gasteiger partial charge in [-0.3, -0.25) is 9.69 Å². The Hall–Kier alpha value is -3.13. The fraction of sp³-hybridized carbons (Fsp3) is 0.375. The minimum atomic E-state index is -0.357. The van der Waals surface area contributed by atoms with E-state index in [0.29, 0.717) is 23.8 Å². The number of likely N-dealkylation sites (tertiary alicyclic amines) is 1. The predicted molar refractivity (Wildman–Crippen MR) is 113 cm³/mol. The van der Waals surface area contributed by atoms with Crippen LogP contribution in [0, 0.1) is 11.6 Å². The quantitative estimate of drug-likeness (QED) is 0.634. The van der Waals surface area contributed by atoms with Crippen LogP contribution >= 0.6 is 0 Å². The lowest BCUT2D eigenvalue weighted by Gasteiger charge is -2.31. The average Bonchev–Trinajstić information content (AvgIpc) is 3.48. The molecule has 166 valence electrons. The summed E-state index contributed by atoms with van der Waals surface area (Å²) in [6.07, 6.45) is 3.48. The van der Waals surface area contributed by atoms with E-state index in [1.807, 2.05) is 0 Å². The van der Waals surface area contributed by atoms with E-state index < -0.39 is 0 Å². The molecule has 6 nitrogen and oxygen atoms in total. The summed E-state index contributed by atoms with van der Waals surface area (Å²) in [6.45, 7) is 2.16. The van der Waals surface area contributed by atoms with E-state index in [1.54, 1.807) is 12.1 Å². The summed E-state index contributed by atoms with van der Waals surface area (Å²) in [4.78, 5) is 19.2. The number of hydrogen-bond donors (Lipinski definition) is 1. The number of nitrogens with one attached hydrogen (secondary N) is 1. The Kier molecular flexibility index (Phi) is 5.46. The number of rotatable bonds is 6. The Morgan fingerprint density at radius 2 is 1.66 bits per heavy atom. The van der Waals surface area contributed by atoms with Crippen molar-refractivity contribution in [2.45, 2.75) is 43.7 Å². The minimum absolute atomic E-state index is 0.0789. The van der Waals surface area contributed by atoms with Crippen LogP contribution in [0.3, 0.4) is 0 Å². The van der Waals surface area contributed by atoms with Gasteiger partial charge in [-0.1, -0.05) is 17.3 Å². The lowest BCUT2D eigenvalue weighted by molar-refractivity contribution is 0.0904. The van der Waals surface area contributed by atoms with Crippen molar-refractivity contribution < 1.29 is 18.1 Å². The van der Waals surface area contributed by atoms with Crippen molar-refractivity contribution in [2.24, 2.45) is 0 Å². The highest BCUT2D eigenvalue weighted by molar-refractivity contribution is 5.94. The lowest BCUT2D eigenvalue weighted by atomic mass is 9.95. The first-order chi connectivity index (χ1) is 15.5. The molecular formula is C24H24F2N4O2. The van der Waals surface area contributed by atoms with Gasteiger partial charge in [0.25, 0.3) is 5.91 Å². The van der Waals surface area contributed by atoms with Crippen LogP contribution in [0.15, 0.2) is 53.1 Å². The van der Waals surface area contributed by atoms with Gasteiger partial charge in [0.1, 0.15) is 11.6 Å². The van der Waals surface area contributed by atoms with Gasteiger partial charge in [0.05, 0.1) is 12.0 Å². The molecule has 1 aromatic heterocycles. The maximum Gasteiger partial charge on any atom is 0.251 e. The van der Waals surface area contributed by atoms with Gasteiger partial charge in [0, 0.05) is 24.7 Å². The molecule has 5 rings (SSSR count). The number of carbonyl (C=O) groups is 1. The van der Waals surface area contributed by atoms with Gasteiger partial charge in [-0.2, -0.15) is 4.98 Å². The van der Waals surface area contributed by atoms with E-state index in [1.165, 1.54) is 36.4 Å². The van der Waals surface area contributed by atoms with Gasteiger partial charge in [0.15, 0.2) is 5.82 Å². The Morgan fingerprint density at radius 1 is 1.03 bits per heavy atom. The zero-order chi connectivity index (χ0) is 22.1. The molecule has 1 aliphatic heterocycles. The topological polar surface area (TPSA) is 71.3 Å². The van der Waals surface area contributed by atoms with E-state index in [-0.39, 0.29) is 29.0 Å². The number of carbonyl (C=O) groups excluding carboxylic acids is 1. The van der Waals surface area contributed by atoms with Crippen LogP contribution in [0.4, 0.5) is 8.78 Å². The fourth-order valence-corrected chi connectivity index (χ4v) is 4.35. The molecule has 8 heteroatoms. The molecule has 1 saturated heterocycles. The van der Waals surface area contributed by atoms with Gasteiger partial charge in [0.2, 0.25) is 5.89 Å². The molecule has 32 heavy (non-hydrogen) atoms. The third kappa shape index (κ3) is 4.27. The van der Waals surface area contributed by atoms with Crippen LogP contribution in [-0.4, -0.2) is 40.1 Å². The second-order valence-corrected chi connectivity index (χ2v) is 8.63. The fourth-order valence-electron chi connectivity index (χ4n) is 4.35. The summed E-state index contributed by atoms with van der Waals surface area (Å²) in [6, 6.07) is 12.2. The number of aromatic nitrogens is 2. The van der Waals surface area contributed by atoms with E-state index in [4.69, 9.17) is 4.52 Å².